The van der Waals surface area contributed by atoms with Crippen LogP contribution in [0.25, 0.3) is 0 Å². The van der Waals surface area contributed by atoms with Crippen molar-refractivity contribution in [3.8, 4) is 17.6 Å². The van der Waals surface area contributed by atoms with Crippen molar-refractivity contribution in [3.05, 3.63) is 65.0 Å². The van der Waals surface area contributed by atoms with E-state index in [1.165, 1.54) is 0 Å². The molecule has 1 aliphatic rings. The van der Waals surface area contributed by atoms with Crippen LogP contribution in [-0.4, -0.2) is 6.61 Å². The quantitative estimate of drug-likeness (QED) is 0.642. The lowest BCUT2D eigenvalue weighted by Crippen LogP contribution is -2.21. The molecule has 5 nitrogen and oxygen atoms in total. The van der Waals surface area contributed by atoms with E-state index in [1.807, 2.05) is 30.3 Å². The highest BCUT2D eigenvalue weighted by Gasteiger charge is 2.30. The number of benzene rings is 2. The standard InChI is InChI=1S/C20H21N3O2/c1-2-3-10-24-15-7-4-13(5-8-15)19-16-9-6-14(22)11-18(16)25-20(23)17(19)12-21/h4-9,11,19H,2-3,10,22-23H2,1H3/t19-/m1/s1. The maximum absolute atomic E-state index is 9.55. The Labute approximate surface area is 147 Å². The molecule has 0 bridgehead atoms. The van der Waals surface area contributed by atoms with Crippen LogP contribution in [-0.2, 0) is 0 Å². The summed E-state index contributed by atoms with van der Waals surface area (Å²) in [6.45, 7) is 2.83. The first-order valence-electron chi connectivity index (χ1n) is 8.33. The Kier molecular flexibility index (Phi) is 4.80. The Morgan fingerprint density at radius 2 is 1.92 bits per heavy atom. The Bertz CT molecular complexity index is 835. The molecular formula is C20H21N3O2. The van der Waals surface area contributed by atoms with E-state index in [4.69, 9.17) is 20.9 Å². The maximum Gasteiger partial charge on any atom is 0.205 e. The summed E-state index contributed by atoms with van der Waals surface area (Å²) in [6.07, 6.45) is 2.12. The lowest BCUT2D eigenvalue weighted by molar-refractivity contribution is 0.309. The molecule has 5 heteroatoms. The fraction of sp³-hybridized carbons (Fsp3) is 0.250. The number of rotatable bonds is 5. The van der Waals surface area contributed by atoms with Crippen molar-refractivity contribution in [2.45, 2.75) is 25.7 Å². The van der Waals surface area contributed by atoms with Gasteiger partial charge in [-0.25, -0.2) is 0 Å². The number of unbranched alkanes of at least 4 members (excludes halogenated alkanes) is 1. The lowest BCUT2D eigenvalue weighted by atomic mass is 9.83. The van der Waals surface area contributed by atoms with Gasteiger partial charge in [0.05, 0.1) is 12.5 Å². The van der Waals surface area contributed by atoms with Gasteiger partial charge in [0.2, 0.25) is 5.88 Å². The van der Waals surface area contributed by atoms with Gasteiger partial charge in [-0.3, -0.25) is 0 Å². The van der Waals surface area contributed by atoms with Crippen LogP contribution in [0.4, 0.5) is 5.69 Å². The van der Waals surface area contributed by atoms with E-state index in [1.54, 1.807) is 12.1 Å². The van der Waals surface area contributed by atoms with Gasteiger partial charge in [-0.2, -0.15) is 5.26 Å². The normalized spacial score (nSPS) is 15.9. The zero-order chi connectivity index (χ0) is 17.8. The third-order valence-corrected chi connectivity index (χ3v) is 4.22. The van der Waals surface area contributed by atoms with Gasteiger partial charge in [0, 0.05) is 17.3 Å². The van der Waals surface area contributed by atoms with Crippen molar-refractivity contribution in [2.75, 3.05) is 12.3 Å². The molecule has 1 heterocycles. The molecular weight excluding hydrogens is 314 g/mol. The average molecular weight is 335 g/mol. The van der Waals surface area contributed by atoms with Gasteiger partial charge in [-0.15, -0.1) is 0 Å². The Balaban J connectivity index is 1.96. The third-order valence-electron chi connectivity index (χ3n) is 4.22. The smallest absolute Gasteiger partial charge is 0.205 e. The molecule has 0 fully saturated rings. The average Bonchev–Trinajstić information content (AvgIpc) is 2.61. The van der Waals surface area contributed by atoms with Crippen molar-refractivity contribution in [3.63, 3.8) is 0 Å². The molecule has 25 heavy (non-hydrogen) atoms. The molecule has 0 aliphatic carbocycles. The van der Waals surface area contributed by atoms with Crippen molar-refractivity contribution in [2.24, 2.45) is 5.73 Å². The van der Waals surface area contributed by atoms with Crippen molar-refractivity contribution in [1.29, 1.82) is 5.26 Å². The zero-order valence-corrected chi connectivity index (χ0v) is 14.2. The van der Waals surface area contributed by atoms with Crippen molar-refractivity contribution in [1.82, 2.24) is 0 Å². The van der Waals surface area contributed by atoms with E-state index in [0.717, 1.165) is 29.7 Å². The van der Waals surface area contributed by atoms with Crippen LogP contribution < -0.4 is 20.9 Å². The molecule has 0 aromatic heterocycles. The summed E-state index contributed by atoms with van der Waals surface area (Å²) in [5.74, 6) is 1.25. The van der Waals surface area contributed by atoms with Gasteiger partial charge in [-0.1, -0.05) is 31.5 Å². The summed E-state index contributed by atoms with van der Waals surface area (Å²) in [6, 6.07) is 15.3. The van der Waals surface area contributed by atoms with Gasteiger partial charge >= 0.3 is 0 Å². The van der Waals surface area contributed by atoms with Gasteiger partial charge in [-0.05, 0) is 30.2 Å². The number of hydrogen-bond acceptors (Lipinski definition) is 5. The summed E-state index contributed by atoms with van der Waals surface area (Å²) in [4.78, 5) is 0. The summed E-state index contributed by atoms with van der Waals surface area (Å²) < 4.78 is 11.3. The number of nitrogens with two attached hydrogens (primary N) is 2. The molecule has 4 N–H and O–H groups in total. The predicted octanol–water partition coefficient (Wildman–Crippen LogP) is 3.67. The van der Waals surface area contributed by atoms with Crippen molar-refractivity contribution < 1.29 is 9.47 Å². The molecule has 0 saturated carbocycles. The number of nitrogens with zero attached hydrogens (tertiary/aromatic N) is 1. The van der Waals surface area contributed by atoms with Gasteiger partial charge in [0.1, 0.15) is 23.1 Å². The summed E-state index contributed by atoms with van der Waals surface area (Å²) in [7, 11) is 0. The first-order valence-corrected chi connectivity index (χ1v) is 8.33. The largest absolute Gasteiger partial charge is 0.494 e. The molecule has 1 aliphatic heterocycles. The first kappa shape index (κ1) is 16.7. The second-order valence-corrected chi connectivity index (χ2v) is 5.99. The monoisotopic (exact) mass is 335 g/mol. The predicted molar refractivity (Wildman–Crippen MR) is 97.0 cm³/mol. The van der Waals surface area contributed by atoms with Crippen LogP contribution in [0.5, 0.6) is 11.5 Å². The molecule has 0 amide bonds. The van der Waals surface area contributed by atoms with E-state index in [9.17, 15) is 5.26 Å². The van der Waals surface area contributed by atoms with Crippen LogP contribution in [0.2, 0.25) is 0 Å². The minimum atomic E-state index is -0.279. The molecule has 0 unspecified atom stereocenters. The van der Waals surface area contributed by atoms with Crippen LogP contribution in [0.3, 0.4) is 0 Å². The zero-order valence-electron chi connectivity index (χ0n) is 14.2. The maximum atomic E-state index is 9.55. The highest BCUT2D eigenvalue weighted by atomic mass is 16.5. The lowest BCUT2D eigenvalue weighted by Gasteiger charge is -2.26. The van der Waals surface area contributed by atoms with E-state index in [0.29, 0.717) is 23.6 Å². The summed E-state index contributed by atoms with van der Waals surface area (Å²) >= 11 is 0. The fourth-order valence-electron chi connectivity index (χ4n) is 2.91. The van der Waals surface area contributed by atoms with Crippen molar-refractivity contribution >= 4 is 5.69 Å². The minimum absolute atomic E-state index is 0.119. The van der Waals surface area contributed by atoms with Gasteiger partial charge < -0.3 is 20.9 Å². The molecule has 0 spiro atoms. The Morgan fingerprint density at radius 3 is 2.60 bits per heavy atom. The second kappa shape index (κ2) is 7.18. The topological polar surface area (TPSA) is 94.3 Å². The number of hydrogen-bond donors (Lipinski definition) is 2. The van der Waals surface area contributed by atoms with E-state index in [2.05, 4.69) is 13.0 Å². The van der Waals surface area contributed by atoms with Gasteiger partial charge in [0.15, 0.2) is 0 Å². The highest BCUT2D eigenvalue weighted by molar-refractivity contribution is 5.59. The second-order valence-electron chi connectivity index (χ2n) is 5.99. The minimum Gasteiger partial charge on any atom is -0.494 e. The SMILES string of the molecule is CCCCOc1ccc([C@H]2C(C#N)=C(N)Oc3cc(N)ccc32)cc1. The fourth-order valence-corrected chi connectivity index (χ4v) is 2.91. The number of nitriles is 1. The number of fused-ring (bicyclic) bond motifs is 1. The molecule has 1 atom stereocenters. The number of allylic oxidation sites excluding steroid dienone is 1. The molecule has 0 radical (unpaired) electrons. The third kappa shape index (κ3) is 3.38. The summed E-state index contributed by atoms with van der Waals surface area (Å²) in [5.41, 5.74) is 14.6. The van der Waals surface area contributed by atoms with Crippen LogP contribution in [0, 0.1) is 11.3 Å². The Hall–Kier alpha value is -3.13. The van der Waals surface area contributed by atoms with E-state index >= 15 is 0 Å². The number of nitrogen functional groups attached to an aromatic ring is 1. The molecule has 128 valence electrons. The van der Waals surface area contributed by atoms with Crippen LogP contribution in [0.1, 0.15) is 36.8 Å². The van der Waals surface area contributed by atoms with E-state index < -0.39 is 0 Å². The number of ether oxygens (including phenoxy) is 2. The molecule has 0 saturated heterocycles. The van der Waals surface area contributed by atoms with E-state index in [-0.39, 0.29) is 11.8 Å². The Morgan fingerprint density at radius 1 is 1.16 bits per heavy atom. The first-order chi connectivity index (χ1) is 12.1. The van der Waals surface area contributed by atoms with Crippen LogP contribution in [0.15, 0.2) is 53.9 Å². The molecule has 2 aromatic carbocycles. The summed E-state index contributed by atoms with van der Waals surface area (Å²) in [5, 5.41) is 9.55. The molecule has 2 aromatic rings. The van der Waals surface area contributed by atoms with Gasteiger partial charge in [0.25, 0.3) is 0 Å². The molecule has 3 rings (SSSR count). The number of anilines is 1. The highest BCUT2D eigenvalue weighted by Crippen LogP contribution is 2.42. The van der Waals surface area contributed by atoms with Crippen LogP contribution >= 0.6 is 0 Å².